The van der Waals surface area contributed by atoms with Crippen LogP contribution in [0.25, 0.3) is 11.3 Å². The molecular formula is C18H16ClN3O2. The van der Waals surface area contributed by atoms with E-state index in [9.17, 15) is 0 Å². The van der Waals surface area contributed by atoms with Crippen molar-refractivity contribution in [2.75, 3.05) is 19.5 Å². The van der Waals surface area contributed by atoms with Crippen molar-refractivity contribution >= 4 is 17.3 Å². The summed E-state index contributed by atoms with van der Waals surface area (Å²) >= 11 is 6.16. The number of ether oxygens (including phenoxy) is 2. The molecule has 1 aliphatic rings. The quantitative estimate of drug-likeness (QED) is 0.776. The molecule has 0 saturated carbocycles. The van der Waals surface area contributed by atoms with Crippen LogP contribution in [0.1, 0.15) is 11.7 Å². The summed E-state index contributed by atoms with van der Waals surface area (Å²) in [6.07, 6.45) is 1.65. The molecular weight excluding hydrogens is 326 g/mol. The average molecular weight is 342 g/mol. The Morgan fingerprint density at radius 2 is 1.88 bits per heavy atom. The molecule has 3 aromatic rings. The van der Waals surface area contributed by atoms with E-state index in [0.29, 0.717) is 16.5 Å². The third-order valence-corrected chi connectivity index (χ3v) is 4.42. The Kier molecular flexibility index (Phi) is 3.58. The third kappa shape index (κ3) is 2.29. The first-order valence-corrected chi connectivity index (χ1v) is 7.91. The molecule has 0 fully saturated rings. The largest absolute Gasteiger partial charge is 0.493 e. The van der Waals surface area contributed by atoms with E-state index in [1.807, 2.05) is 47.1 Å². The second kappa shape index (κ2) is 5.76. The van der Waals surface area contributed by atoms with E-state index in [4.69, 9.17) is 21.1 Å². The van der Waals surface area contributed by atoms with Gasteiger partial charge in [-0.15, -0.1) is 0 Å². The lowest BCUT2D eigenvalue weighted by Crippen LogP contribution is -2.25. The van der Waals surface area contributed by atoms with Crippen LogP contribution >= 0.6 is 11.6 Å². The number of nitrogens with zero attached hydrogens (tertiary/aromatic N) is 2. The molecule has 2 heterocycles. The van der Waals surface area contributed by atoms with E-state index in [1.54, 1.807) is 20.4 Å². The van der Waals surface area contributed by atoms with Crippen LogP contribution in [0.15, 0.2) is 48.7 Å². The van der Waals surface area contributed by atoms with Crippen molar-refractivity contribution < 1.29 is 9.47 Å². The zero-order valence-electron chi connectivity index (χ0n) is 13.3. The van der Waals surface area contributed by atoms with E-state index in [-0.39, 0.29) is 6.17 Å². The van der Waals surface area contributed by atoms with Crippen molar-refractivity contribution in [3.8, 4) is 22.8 Å². The van der Waals surface area contributed by atoms with Gasteiger partial charge in [-0.1, -0.05) is 17.7 Å². The first-order valence-electron chi connectivity index (χ1n) is 7.53. The van der Waals surface area contributed by atoms with Crippen molar-refractivity contribution in [1.29, 1.82) is 0 Å². The van der Waals surface area contributed by atoms with E-state index in [1.165, 1.54) is 0 Å². The van der Waals surface area contributed by atoms with Gasteiger partial charge in [0.05, 0.1) is 19.9 Å². The van der Waals surface area contributed by atoms with Gasteiger partial charge >= 0.3 is 0 Å². The lowest BCUT2D eigenvalue weighted by Gasteiger charge is -2.29. The van der Waals surface area contributed by atoms with Gasteiger partial charge in [0.1, 0.15) is 6.17 Å². The van der Waals surface area contributed by atoms with Crippen molar-refractivity contribution in [2.45, 2.75) is 6.17 Å². The molecule has 24 heavy (non-hydrogen) atoms. The molecule has 0 unspecified atom stereocenters. The van der Waals surface area contributed by atoms with Gasteiger partial charge in [0.25, 0.3) is 0 Å². The summed E-state index contributed by atoms with van der Waals surface area (Å²) in [5.74, 6) is 1.38. The Bertz CT molecular complexity index is 907. The predicted octanol–water partition coefficient (Wildman–Crippen LogP) is 4.19. The van der Waals surface area contributed by atoms with E-state index in [2.05, 4.69) is 10.4 Å². The summed E-state index contributed by atoms with van der Waals surface area (Å²) < 4.78 is 12.7. The molecule has 0 bridgehead atoms. The van der Waals surface area contributed by atoms with Crippen LogP contribution in [0.2, 0.25) is 5.02 Å². The fourth-order valence-electron chi connectivity index (χ4n) is 3.05. The van der Waals surface area contributed by atoms with Gasteiger partial charge < -0.3 is 14.8 Å². The standard InChI is InChI=1S/C18H16ClN3O2/c1-23-16-6-3-11(9-17(16)24-2)18-21-14-10-12(19)4-5-13(14)15-7-8-20-22(15)18/h3-10,18,21H,1-2H3/t18-/m0/s1. The van der Waals surface area contributed by atoms with Crippen LogP contribution in [0.4, 0.5) is 5.69 Å². The van der Waals surface area contributed by atoms with Gasteiger partial charge in [0, 0.05) is 28.0 Å². The number of halogens is 1. The highest BCUT2D eigenvalue weighted by Crippen LogP contribution is 2.40. The van der Waals surface area contributed by atoms with Crippen molar-refractivity contribution in [2.24, 2.45) is 0 Å². The molecule has 0 amide bonds. The highest BCUT2D eigenvalue weighted by atomic mass is 35.5. The highest BCUT2D eigenvalue weighted by molar-refractivity contribution is 6.31. The Labute approximate surface area is 144 Å². The van der Waals surface area contributed by atoms with Crippen LogP contribution in [0, 0.1) is 0 Å². The Balaban J connectivity index is 1.83. The molecule has 2 aromatic carbocycles. The Morgan fingerprint density at radius 3 is 2.67 bits per heavy atom. The molecule has 4 rings (SSSR count). The van der Waals surface area contributed by atoms with Crippen LogP contribution in [-0.2, 0) is 0 Å². The maximum Gasteiger partial charge on any atom is 0.161 e. The molecule has 122 valence electrons. The second-order valence-corrected chi connectivity index (χ2v) is 5.95. The van der Waals surface area contributed by atoms with E-state index >= 15 is 0 Å². The Morgan fingerprint density at radius 1 is 1.04 bits per heavy atom. The first-order chi connectivity index (χ1) is 11.7. The minimum atomic E-state index is -0.152. The number of methoxy groups -OCH3 is 2. The number of hydrogen-bond acceptors (Lipinski definition) is 4. The number of rotatable bonds is 3. The monoisotopic (exact) mass is 341 g/mol. The summed E-state index contributed by atoms with van der Waals surface area (Å²) in [7, 11) is 3.25. The first kappa shape index (κ1) is 14.9. The molecule has 1 aromatic heterocycles. The van der Waals surface area contributed by atoms with Crippen LogP contribution in [0.3, 0.4) is 0 Å². The van der Waals surface area contributed by atoms with Crippen molar-refractivity contribution in [3.63, 3.8) is 0 Å². The maximum atomic E-state index is 6.16. The molecule has 5 nitrogen and oxygen atoms in total. The van der Waals surface area contributed by atoms with Gasteiger partial charge in [-0.3, -0.25) is 0 Å². The lowest BCUT2D eigenvalue weighted by molar-refractivity contribution is 0.354. The van der Waals surface area contributed by atoms with Gasteiger partial charge in [-0.05, 0) is 36.4 Å². The summed E-state index contributed by atoms with van der Waals surface area (Å²) in [4.78, 5) is 0. The van der Waals surface area contributed by atoms with Crippen molar-refractivity contribution in [3.05, 3.63) is 59.2 Å². The topological polar surface area (TPSA) is 48.3 Å². The number of anilines is 1. The normalized spacial score (nSPS) is 15.2. The molecule has 1 N–H and O–H groups in total. The van der Waals surface area contributed by atoms with Crippen LogP contribution in [0.5, 0.6) is 11.5 Å². The molecule has 0 aliphatic carbocycles. The minimum absolute atomic E-state index is 0.152. The SMILES string of the molecule is COc1ccc([C@H]2Nc3cc(Cl)ccc3-c3ccnn32)cc1OC. The lowest BCUT2D eigenvalue weighted by atomic mass is 10.0. The number of aromatic nitrogens is 2. The van der Waals surface area contributed by atoms with Gasteiger partial charge in [0.2, 0.25) is 0 Å². The van der Waals surface area contributed by atoms with E-state index < -0.39 is 0 Å². The number of fused-ring (bicyclic) bond motifs is 3. The number of hydrogen-bond donors (Lipinski definition) is 1. The van der Waals surface area contributed by atoms with Crippen LogP contribution < -0.4 is 14.8 Å². The molecule has 6 heteroatoms. The molecule has 0 spiro atoms. The summed E-state index contributed by atoms with van der Waals surface area (Å²) in [5.41, 5.74) is 4.12. The van der Waals surface area contributed by atoms with Gasteiger partial charge in [0.15, 0.2) is 11.5 Å². The molecule has 0 saturated heterocycles. The zero-order valence-corrected chi connectivity index (χ0v) is 14.0. The highest BCUT2D eigenvalue weighted by Gasteiger charge is 2.26. The molecule has 0 radical (unpaired) electrons. The summed E-state index contributed by atoms with van der Waals surface area (Å²) in [5, 5.41) is 8.68. The maximum absolute atomic E-state index is 6.16. The average Bonchev–Trinajstić information content (AvgIpc) is 3.10. The molecule has 1 aliphatic heterocycles. The fourth-order valence-corrected chi connectivity index (χ4v) is 3.22. The number of nitrogens with one attached hydrogen (secondary N) is 1. The number of benzene rings is 2. The van der Waals surface area contributed by atoms with Gasteiger partial charge in [-0.25, -0.2) is 4.68 Å². The fraction of sp³-hybridized carbons (Fsp3) is 0.167. The van der Waals surface area contributed by atoms with Gasteiger partial charge in [-0.2, -0.15) is 5.10 Å². The Hall–Kier alpha value is -2.66. The summed E-state index contributed by atoms with van der Waals surface area (Å²) in [6, 6.07) is 13.7. The predicted molar refractivity (Wildman–Crippen MR) is 94.0 cm³/mol. The van der Waals surface area contributed by atoms with E-state index in [0.717, 1.165) is 22.5 Å². The third-order valence-electron chi connectivity index (χ3n) is 4.19. The molecule has 1 atom stereocenters. The second-order valence-electron chi connectivity index (χ2n) is 5.51. The summed E-state index contributed by atoms with van der Waals surface area (Å²) in [6.45, 7) is 0. The van der Waals surface area contributed by atoms with Crippen molar-refractivity contribution in [1.82, 2.24) is 9.78 Å². The minimum Gasteiger partial charge on any atom is -0.493 e. The zero-order chi connectivity index (χ0) is 16.7. The smallest absolute Gasteiger partial charge is 0.161 e. The van der Waals surface area contributed by atoms with Crippen LogP contribution in [-0.4, -0.2) is 24.0 Å².